The number of ether oxygens (including phenoxy) is 10. The van der Waals surface area contributed by atoms with Crippen molar-refractivity contribution >= 4 is 35.7 Å². The van der Waals surface area contributed by atoms with Gasteiger partial charge in [-0.2, -0.15) is 0 Å². The van der Waals surface area contributed by atoms with Gasteiger partial charge in [0.2, 0.25) is 0 Å². The Morgan fingerprint density at radius 1 is 0.577 bits per heavy atom. The largest absolute Gasteiger partial charge is 0.394 e. The van der Waals surface area contributed by atoms with Crippen LogP contribution in [0.2, 0.25) is 0 Å². The lowest BCUT2D eigenvalue weighted by molar-refractivity contribution is -0.333. The predicted molar refractivity (Wildman–Crippen MR) is 234 cm³/mol. The Bertz CT molecular complexity index is 1790. The highest BCUT2D eigenvalue weighted by molar-refractivity contribution is 6.27. The quantitative estimate of drug-likeness (QED) is 0.0451. The molecule has 71 heavy (non-hydrogen) atoms. The normalized spacial score (nSPS) is 41.5. The number of hydrogen-bond acceptors (Lipinski definition) is 24. The van der Waals surface area contributed by atoms with Crippen LogP contribution in [0.15, 0.2) is 0 Å². The van der Waals surface area contributed by atoms with Gasteiger partial charge in [-0.25, -0.2) is 23.8 Å². The molecular formula is C42H71ClN4O24. The fourth-order valence-corrected chi connectivity index (χ4v) is 9.58. The molecule has 410 valence electrons. The van der Waals surface area contributed by atoms with Crippen molar-refractivity contribution in [1.29, 1.82) is 0 Å². The number of aliphatic hydroxyl groups is 10. The van der Waals surface area contributed by atoms with E-state index in [4.69, 9.17) is 59.1 Å². The molecule has 0 spiro atoms. The molecule has 28 nitrogen and oxygen atoms in total. The lowest BCUT2D eigenvalue weighted by Gasteiger charge is -2.46. The molecule has 2 saturated carbocycles. The van der Waals surface area contributed by atoms with Gasteiger partial charge >= 0.3 is 12.1 Å². The highest BCUT2D eigenvalue weighted by Gasteiger charge is 2.54. The third kappa shape index (κ3) is 12.4. The van der Waals surface area contributed by atoms with Gasteiger partial charge in [-0.1, -0.05) is 0 Å². The zero-order valence-corrected chi connectivity index (χ0v) is 41.4. The van der Waals surface area contributed by atoms with Gasteiger partial charge in [-0.3, -0.25) is 9.59 Å². The number of halogens is 1. The molecular weight excluding hydrogens is 980 g/mol. The van der Waals surface area contributed by atoms with Crippen LogP contribution in [-0.2, 0) is 57.0 Å². The molecule has 6 rings (SSSR count). The number of aliphatic hydroxyl groups excluding tert-OH is 10. The fourth-order valence-electron chi connectivity index (χ4n) is 9.42. The van der Waals surface area contributed by atoms with Gasteiger partial charge in [0.1, 0.15) is 97.8 Å². The SMILES string of the molecule is CO[C@@H]1C(CO)OC(O[C@@H]2C(COCN3C(=O)N(Cl)C(C)(C)C3=O)C[C@@H](OC)C(O)C2O)[C@@H](O)C1O.CO[C@@H]1C(CO)OC(O[C@@H]2C(COCN3C(=O)NC(C)(C)C3=O)C[C@@H](OC)C(O)C2O)[C@@H](O)C1O. The number of nitrogens with one attached hydrogen (secondary N) is 1. The van der Waals surface area contributed by atoms with Crippen LogP contribution in [0.4, 0.5) is 9.59 Å². The van der Waals surface area contributed by atoms with E-state index in [1.807, 2.05) is 0 Å². The topological polar surface area (TPSA) is 385 Å². The van der Waals surface area contributed by atoms with Gasteiger partial charge in [-0.15, -0.1) is 0 Å². The number of imide groups is 2. The number of carbonyl (C=O) groups excluding carboxylic acids is 4. The molecule has 6 amide bonds. The van der Waals surface area contributed by atoms with Crippen molar-refractivity contribution in [2.45, 2.75) is 162 Å². The minimum absolute atomic E-state index is 0.110. The van der Waals surface area contributed by atoms with Crippen molar-refractivity contribution in [1.82, 2.24) is 19.5 Å². The molecule has 0 bridgehead atoms. The number of carbonyl (C=O) groups is 4. The third-order valence-electron chi connectivity index (χ3n) is 13.7. The van der Waals surface area contributed by atoms with Crippen molar-refractivity contribution in [3.63, 3.8) is 0 Å². The molecule has 6 fully saturated rings. The van der Waals surface area contributed by atoms with Crippen molar-refractivity contribution in [3.05, 3.63) is 0 Å². The summed E-state index contributed by atoms with van der Waals surface area (Å²) in [5.41, 5.74) is -2.31. The first-order valence-corrected chi connectivity index (χ1v) is 23.2. The zero-order valence-electron chi connectivity index (χ0n) is 40.6. The summed E-state index contributed by atoms with van der Waals surface area (Å²) in [7, 11) is 5.31. The Balaban J connectivity index is 0.000000264. The minimum Gasteiger partial charge on any atom is -0.394 e. The lowest BCUT2D eigenvalue weighted by Crippen LogP contribution is -2.63. The van der Waals surface area contributed by atoms with Crippen molar-refractivity contribution in [3.8, 4) is 0 Å². The molecule has 29 heteroatoms. The van der Waals surface area contributed by atoms with Crippen LogP contribution in [0.3, 0.4) is 0 Å². The average molecular weight is 1050 g/mol. The Labute approximate surface area is 414 Å². The average Bonchev–Trinajstić information content (AvgIpc) is 3.62. The highest BCUT2D eigenvalue weighted by Crippen LogP contribution is 2.37. The standard InChI is InChI=1S/C21H35ClN2O12.C21H36N2O12/c1-21(2)19(30)23(20(31)24(21)22)8-34-7-9-5-10(32-3)12(26)13(27)16(9)36-18-15(29)14(28)17(33-4)11(6-25)35-18;1-21(2)19(29)23(20(30)22-21)8-33-7-9-5-10(31-3)12(25)13(26)16(9)35-18-15(28)14(27)17(32-4)11(6-24)34-18/h9-18,25-29H,5-8H2,1-4H3;9-18,24-28H,5-8H2,1-4H3,(H,22,30)/t2*9?,10-,11?,12?,13?,14?,15+,16-,17-,18?/m11/s1. The summed E-state index contributed by atoms with van der Waals surface area (Å²) in [5.74, 6) is -2.31. The van der Waals surface area contributed by atoms with E-state index in [-0.39, 0.29) is 32.8 Å². The second-order valence-corrected chi connectivity index (χ2v) is 19.5. The number of methoxy groups -OCH3 is 4. The number of nitrogens with zero attached hydrogens (tertiary/aromatic N) is 3. The van der Waals surface area contributed by atoms with E-state index in [1.165, 1.54) is 42.3 Å². The first-order chi connectivity index (χ1) is 33.4. The first-order valence-electron chi connectivity index (χ1n) is 22.9. The Morgan fingerprint density at radius 2 is 0.972 bits per heavy atom. The van der Waals surface area contributed by atoms with Gasteiger partial charge in [0.05, 0.1) is 50.8 Å². The fraction of sp³-hybridized carbons (Fsp3) is 0.905. The number of amides is 6. The van der Waals surface area contributed by atoms with Gasteiger partial charge in [-0.05, 0) is 40.5 Å². The summed E-state index contributed by atoms with van der Waals surface area (Å²) in [6.45, 7) is 4.01. The van der Waals surface area contributed by atoms with Gasteiger partial charge in [0.15, 0.2) is 12.6 Å². The zero-order chi connectivity index (χ0) is 53.0. The van der Waals surface area contributed by atoms with Gasteiger partial charge < -0.3 is 104 Å². The van der Waals surface area contributed by atoms with Crippen LogP contribution in [0.25, 0.3) is 0 Å². The molecule has 6 aliphatic rings. The molecule has 0 aromatic heterocycles. The summed E-state index contributed by atoms with van der Waals surface area (Å²) in [6.07, 6.45) is -22.4. The van der Waals surface area contributed by atoms with Crippen molar-refractivity contribution in [2.24, 2.45) is 11.8 Å². The predicted octanol–water partition coefficient (Wildman–Crippen LogP) is -5.36. The molecule has 4 aliphatic heterocycles. The minimum atomic E-state index is -1.60. The number of rotatable bonds is 18. The van der Waals surface area contributed by atoms with Crippen LogP contribution in [0.5, 0.6) is 0 Å². The van der Waals surface area contributed by atoms with Crippen LogP contribution in [0.1, 0.15) is 40.5 Å². The maximum absolute atomic E-state index is 12.5. The van der Waals surface area contributed by atoms with Crippen molar-refractivity contribution in [2.75, 3.05) is 68.3 Å². The molecule has 0 aromatic carbocycles. The smallest absolute Gasteiger partial charge is 0.344 e. The van der Waals surface area contributed by atoms with E-state index in [0.29, 0.717) is 0 Å². The molecule has 12 unspecified atom stereocenters. The van der Waals surface area contributed by atoms with E-state index in [2.05, 4.69) is 5.32 Å². The maximum Gasteiger partial charge on any atom is 0.344 e. The molecule has 11 N–H and O–H groups in total. The van der Waals surface area contributed by atoms with E-state index in [9.17, 15) is 70.2 Å². The second kappa shape index (κ2) is 24.8. The van der Waals surface area contributed by atoms with Crippen molar-refractivity contribution < 1.29 is 118 Å². The van der Waals surface area contributed by atoms with Crippen LogP contribution in [-0.4, -0.2) is 279 Å². The summed E-state index contributed by atoms with van der Waals surface area (Å²) in [4.78, 5) is 51.0. The highest BCUT2D eigenvalue weighted by atomic mass is 35.5. The summed E-state index contributed by atoms with van der Waals surface area (Å²) in [5, 5.41) is 106. The maximum atomic E-state index is 12.5. The Morgan fingerprint density at radius 3 is 1.30 bits per heavy atom. The second-order valence-electron chi connectivity index (χ2n) is 19.2. The summed E-state index contributed by atoms with van der Waals surface area (Å²) in [6, 6.07) is -1.35. The molecule has 0 aromatic rings. The van der Waals surface area contributed by atoms with Crippen LogP contribution >= 0.6 is 11.8 Å². The molecule has 20 atom stereocenters. The monoisotopic (exact) mass is 1050 g/mol. The third-order valence-corrected chi connectivity index (χ3v) is 14.3. The number of urea groups is 2. The van der Waals surface area contributed by atoms with Crippen LogP contribution in [0, 0.1) is 11.8 Å². The van der Waals surface area contributed by atoms with Crippen LogP contribution < -0.4 is 5.32 Å². The van der Waals surface area contributed by atoms with E-state index in [1.54, 1.807) is 13.8 Å². The van der Waals surface area contributed by atoms with E-state index in [0.717, 1.165) is 14.2 Å². The van der Waals surface area contributed by atoms with Gasteiger partial charge in [0.25, 0.3) is 11.8 Å². The molecule has 4 heterocycles. The Kier molecular flexibility index (Phi) is 20.7. The number of hydrogen-bond donors (Lipinski definition) is 11. The van der Waals surface area contributed by atoms with E-state index < -0.39 is 177 Å². The summed E-state index contributed by atoms with van der Waals surface area (Å²) < 4.78 is 55.5. The first kappa shape index (κ1) is 59.2. The molecule has 0 radical (unpaired) electrons. The molecule has 2 aliphatic carbocycles. The summed E-state index contributed by atoms with van der Waals surface area (Å²) >= 11 is 5.93. The lowest BCUT2D eigenvalue weighted by atomic mass is 9.81. The molecule has 4 saturated heterocycles. The van der Waals surface area contributed by atoms with Gasteiger partial charge in [0, 0.05) is 52.1 Å². The Hall–Kier alpha value is -2.63. The van der Waals surface area contributed by atoms with E-state index >= 15 is 0 Å².